The molecular weight excluding hydrogens is 520 g/mol. The van der Waals surface area contributed by atoms with E-state index in [1.165, 1.54) is 122 Å². The average molecular weight is 591 g/mol. The molecule has 1 unspecified atom stereocenters. The normalized spacial score (nSPS) is 12.4. The van der Waals surface area contributed by atoms with Gasteiger partial charge in [-0.1, -0.05) is 141 Å². The Bertz CT molecular complexity index is 639. The Morgan fingerprint density at radius 3 is 1.43 bits per heavy atom. The Hall–Kier alpha value is -1.58. The van der Waals surface area contributed by atoms with Gasteiger partial charge < -0.3 is 9.84 Å². The van der Waals surface area contributed by atoms with E-state index in [1.54, 1.807) is 0 Å². The number of ether oxygens (including phenoxy) is 1. The van der Waals surface area contributed by atoms with Gasteiger partial charge in [-0.2, -0.15) is 0 Å². The summed E-state index contributed by atoms with van der Waals surface area (Å²) >= 11 is 0. The van der Waals surface area contributed by atoms with Crippen molar-refractivity contribution >= 4 is 11.9 Å². The summed E-state index contributed by atoms with van der Waals surface area (Å²) in [6.45, 7) is 4.52. The van der Waals surface area contributed by atoms with Crippen molar-refractivity contribution in [3.8, 4) is 0 Å². The fourth-order valence-electron chi connectivity index (χ4n) is 5.38. The van der Waals surface area contributed by atoms with Crippen molar-refractivity contribution in [2.75, 3.05) is 0 Å². The van der Waals surface area contributed by atoms with Crippen LogP contribution in [-0.2, 0) is 14.3 Å². The topological polar surface area (TPSA) is 63.6 Å². The van der Waals surface area contributed by atoms with Crippen molar-refractivity contribution in [2.45, 2.75) is 206 Å². The Labute approximate surface area is 261 Å². The SMILES string of the molecule is CCCCCCCC/C=C\CCCCCCCCCC(=O)OC(/C=C\CCCCCCCC)CCCCCCC(=O)O. The number of esters is 1. The summed E-state index contributed by atoms with van der Waals surface area (Å²) in [7, 11) is 0. The minimum Gasteiger partial charge on any atom is -0.481 e. The van der Waals surface area contributed by atoms with Crippen LogP contribution in [0.25, 0.3) is 0 Å². The minimum atomic E-state index is -0.721. The molecule has 0 aromatic carbocycles. The van der Waals surface area contributed by atoms with Crippen LogP contribution in [0.5, 0.6) is 0 Å². The second-order valence-electron chi connectivity index (χ2n) is 12.4. The van der Waals surface area contributed by atoms with E-state index < -0.39 is 5.97 Å². The van der Waals surface area contributed by atoms with E-state index in [0.717, 1.165) is 51.4 Å². The number of carbonyl (C=O) groups is 2. The highest BCUT2D eigenvalue weighted by Gasteiger charge is 2.11. The summed E-state index contributed by atoms with van der Waals surface area (Å²) in [5.41, 5.74) is 0. The number of allylic oxidation sites excluding steroid dienone is 3. The molecule has 0 aromatic heterocycles. The zero-order chi connectivity index (χ0) is 30.8. The third-order valence-corrected chi connectivity index (χ3v) is 8.13. The maximum absolute atomic E-state index is 12.5. The van der Waals surface area contributed by atoms with Gasteiger partial charge in [-0.25, -0.2) is 0 Å². The molecule has 0 fully saturated rings. The summed E-state index contributed by atoms with van der Waals surface area (Å²) in [4.78, 5) is 23.2. The predicted molar refractivity (Wildman–Crippen MR) is 181 cm³/mol. The Morgan fingerprint density at radius 2 is 0.929 bits per heavy atom. The van der Waals surface area contributed by atoms with Crippen molar-refractivity contribution in [2.24, 2.45) is 0 Å². The van der Waals surface area contributed by atoms with Gasteiger partial charge in [-0.3, -0.25) is 9.59 Å². The van der Waals surface area contributed by atoms with Gasteiger partial charge in [0.25, 0.3) is 0 Å². The Balaban J connectivity index is 3.95. The standard InChI is InChI=1S/C38H70O4/c1-3-5-7-9-11-13-14-15-16-17-18-19-20-21-23-25-31-35-38(41)42-36(33-29-26-27-30-34-37(39)40)32-28-24-22-12-10-8-6-4-2/h15-16,28,32,36H,3-14,17-27,29-31,33-35H2,1-2H3,(H,39,40)/b16-15-,32-28-. The van der Waals surface area contributed by atoms with Gasteiger partial charge in [-0.15, -0.1) is 0 Å². The molecule has 1 atom stereocenters. The summed E-state index contributed by atoms with van der Waals surface area (Å²) < 4.78 is 5.86. The van der Waals surface area contributed by atoms with Crippen LogP contribution >= 0.6 is 0 Å². The zero-order valence-corrected chi connectivity index (χ0v) is 28.1. The van der Waals surface area contributed by atoms with E-state index in [-0.39, 0.29) is 18.5 Å². The third kappa shape index (κ3) is 32.9. The number of carbonyl (C=O) groups excluding carboxylic acids is 1. The molecule has 4 nitrogen and oxygen atoms in total. The number of aliphatic carboxylic acids is 1. The van der Waals surface area contributed by atoms with Crippen molar-refractivity contribution < 1.29 is 19.4 Å². The van der Waals surface area contributed by atoms with E-state index in [1.807, 2.05) is 0 Å². The van der Waals surface area contributed by atoms with Gasteiger partial charge in [0, 0.05) is 12.8 Å². The maximum atomic E-state index is 12.5. The third-order valence-electron chi connectivity index (χ3n) is 8.13. The highest BCUT2D eigenvalue weighted by Crippen LogP contribution is 2.15. The first kappa shape index (κ1) is 40.4. The van der Waals surface area contributed by atoms with Crippen LogP contribution in [0.1, 0.15) is 200 Å². The molecule has 1 N–H and O–H groups in total. The summed E-state index contributed by atoms with van der Waals surface area (Å²) in [5, 5.41) is 8.80. The molecule has 0 radical (unpaired) electrons. The van der Waals surface area contributed by atoms with Gasteiger partial charge in [0.05, 0.1) is 0 Å². The van der Waals surface area contributed by atoms with Crippen LogP contribution in [0.2, 0.25) is 0 Å². The first-order valence-electron chi connectivity index (χ1n) is 18.3. The highest BCUT2D eigenvalue weighted by molar-refractivity contribution is 5.69. The van der Waals surface area contributed by atoms with Crippen LogP contribution in [0.4, 0.5) is 0 Å². The number of hydrogen-bond acceptors (Lipinski definition) is 3. The minimum absolute atomic E-state index is 0.0668. The Morgan fingerprint density at radius 1 is 0.524 bits per heavy atom. The van der Waals surface area contributed by atoms with Gasteiger partial charge in [0.2, 0.25) is 0 Å². The molecule has 0 rings (SSSR count). The van der Waals surface area contributed by atoms with Gasteiger partial charge in [0.1, 0.15) is 6.10 Å². The molecule has 0 bridgehead atoms. The lowest BCUT2D eigenvalue weighted by molar-refractivity contribution is -0.147. The molecule has 0 amide bonds. The first-order valence-corrected chi connectivity index (χ1v) is 18.3. The van der Waals surface area contributed by atoms with Crippen molar-refractivity contribution in [3.63, 3.8) is 0 Å². The summed E-state index contributed by atoms with van der Waals surface area (Å²) in [6.07, 6.45) is 42.0. The fraction of sp³-hybridized carbons (Fsp3) is 0.842. The molecule has 0 heterocycles. The molecule has 0 aliphatic rings. The number of rotatable bonds is 33. The maximum Gasteiger partial charge on any atom is 0.306 e. The van der Waals surface area contributed by atoms with Crippen molar-refractivity contribution in [1.29, 1.82) is 0 Å². The smallest absolute Gasteiger partial charge is 0.306 e. The molecule has 0 saturated heterocycles. The van der Waals surface area contributed by atoms with E-state index in [9.17, 15) is 9.59 Å². The van der Waals surface area contributed by atoms with E-state index in [0.29, 0.717) is 6.42 Å². The molecular formula is C38H70O4. The number of unbranched alkanes of at least 4 members (excludes halogenated alkanes) is 22. The number of carboxylic acids is 1. The monoisotopic (exact) mass is 591 g/mol. The van der Waals surface area contributed by atoms with Crippen LogP contribution in [0.15, 0.2) is 24.3 Å². The first-order chi connectivity index (χ1) is 20.6. The molecule has 42 heavy (non-hydrogen) atoms. The largest absolute Gasteiger partial charge is 0.481 e. The van der Waals surface area contributed by atoms with Crippen molar-refractivity contribution in [1.82, 2.24) is 0 Å². The fourth-order valence-corrected chi connectivity index (χ4v) is 5.38. The van der Waals surface area contributed by atoms with Gasteiger partial charge >= 0.3 is 11.9 Å². The van der Waals surface area contributed by atoms with Crippen LogP contribution in [0.3, 0.4) is 0 Å². The lowest BCUT2D eigenvalue weighted by atomic mass is 10.1. The predicted octanol–water partition coefficient (Wildman–Crippen LogP) is 12.4. The number of hydrogen-bond donors (Lipinski definition) is 1. The van der Waals surface area contributed by atoms with E-state index >= 15 is 0 Å². The molecule has 246 valence electrons. The van der Waals surface area contributed by atoms with Crippen LogP contribution < -0.4 is 0 Å². The summed E-state index contributed by atoms with van der Waals surface area (Å²) in [5.74, 6) is -0.788. The second-order valence-corrected chi connectivity index (χ2v) is 12.4. The lowest BCUT2D eigenvalue weighted by Crippen LogP contribution is -2.16. The quantitative estimate of drug-likeness (QED) is 0.0469. The molecule has 0 aliphatic heterocycles. The lowest BCUT2D eigenvalue weighted by Gasteiger charge is -2.15. The van der Waals surface area contributed by atoms with E-state index in [2.05, 4.69) is 38.2 Å². The van der Waals surface area contributed by atoms with Gasteiger partial charge in [-0.05, 0) is 70.3 Å². The molecule has 0 aliphatic carbocycles. The van der Waals surface area contributed by atoms with Gasteiger partial charge in [0.15, 0.2) is 0 Å². The average Bonchev–Trinajstić information content (AvgIpc) is 2.97. The number of carboxylic acid groups (broad SMARTS) is 1. The van der Waals surface area contributed by atoms with Crippen molar-refractivity contribution in [3.05, 3.63) is 24.3 Å². The van der Waals surface area contributed by atoms with E-state index in [4.69, 9.17) is 9.84 Å². The highest BCUT2D eigenvalue weighted by atomic mass is 16.5. The zero-order valence-electron chi connectivity index (χ0n) is 28.1. The molecule has 0 spiro atoms. The summed E-state index contributed by atoms with van der Waals surface area (Å²) in [6, 6.07) is 0. The van der Waals surface area contributed by atoms with Crippen LogP contribution in [-0.4, -0.2) is 23.1 Å². The Kier molecular flexibility index (Phi) is 32.6. The molecule has 4 heteroatoms. The second kappa shape index (κ2) is 33.9. The molecule has 0 aromatic rings. The molecule has 0 saturated carbocycles. The van der Waals surface area contributed by atoms with Crippen LogP contribution in [0, 0.1) is 0 Å².